The summed E-state index contributed by atoms with van der Waals surface area (Å²) in [6.07, 6.45) is 0. The van der Waals surface area contributed by atoms with Crippen molar-refractivity contribution in [3.63, 3.8) is 0 Å². The van der Waals surface area contributed by atoms with Crippen LogP contribution in [0.15, 0.2) is 109 Å². The summed E-state index contributed by atoms with van der Waals surface area (Å²) in [5, 5.41) is 7.55. The van der Waals surface area contributed by atoms with Crippen LogP contribution >= 0.6 is 0 Å². The van der Waals surface area contributed by atoms with Crippen LogP contribution in [-0.2, 0) is 0 Å². The Morgan fingerprint density at radius 1 is 0.471 bits per heavy atom. The first kappa shape index (κ1) is 18.0. The van der Waals surface area contributed by atoms with Crippen LogP contribution in [0.25, 0.3) is 71.3 Å². The minimum absolute atomic E-state index is 0.224. The van der Waals surface area contributed by atoms with Gasteiger partial charge in [0.1, 0.15) is 5.82 Å². The molecule has 0 amide bonds. The van der Waals surface area contributed by atoms with Crippen LogP contribution < -0.4 is 0 Å². The van der Waals surface area contributed by atoms with Crippen molar-refractivity contribution in [2.75, 3.05) is 0 Å². The molecule has 0 bridgehead atoms. The van der Waals surface area contributed by atoms with Crippen molar-refractivity contribution in [3.8, 4) is 27.9 Å². The molecule has 0 saturated carbocycles. The average Bonchev–Trinajstić information content (AvgIpc) is 3.39. The maximum Gasteiger partial charge on any atom is 0.123 e. The second kappa shape index (κ2) is 6.33. The minimum atomic E-state index is -0.224. The van der Waals surface area contributed by atoms with Gasteiger partial charge < -0.3 is 4.57 Å². The van der Waals surface area contributed by atoms with E-state index >= 15 is 0 Å². The first-order valence-corrected chi connectivity index (χ1v) is 11.6. The normalized spacial score (nSPS) is 12.3. The zero-order valence-electron chi connectivity index (χ0n) is 18.2. The van der Waals surface area contributed by atoms with Crippen molar-refractivity contribution in [1.29, 1.82) is 0 Å². The van der Waals surface area contributed by atoms with Gasteiger partial charge in [-0.3, -0.25) is 0 Å². The Morgan fingerprint density at radius 2 is 1.15 bits per heavy atom. The number of aromatic nitrogens is 1. The summed E-state index contributed by atoms with van der Waals surface area (Å²) >= 11 is 0. The molecule has 2 heteroatoms. The second-order valence-corrected chi connectivity index (χ2v) is 9.08. The van der Waals surface area contributed by atoms with Crippen LogP contribution in [-0.4, -0.2) is 4.57 Å². The molecule has 1 nitrogen and oxygen atoms in total. The monoisotopic (exact) mass is 435 g/mol. The Balaban J connectivity index is 1.67. The number of nitrogens with zero attached hydrogens (tertiary/aromatic N) is 1. The van der Waals surface area contributed by atoms with E-state index in [0.717, 1.165) is 16.7 Å². The highest BCUT2D eigenvalue weighted by Crippen LogP contribution is 2.51. The Kier molecular flexibility index (Phi) is 3.36. The molecule has 7 aromatic rings. The van der Waals surface area contributed by atoms with Crippen LogP contribution in [0.5, 0.6) is 0 Å². The van der Waals surface area contributed by atoms with E-state index in [0.29, 0.717) is 0 Å². The Morgan fingerprint density at radius 3 is 2.00 bits per heavy atom. The molecule has 0 atom stereocenters. The van der Waals surface area contributed by atoms with E-state index < -0.39 is 0 Å². The first-order valence-electron chi connectivity index (χ1n) is 11.6. The van der Waals surface area contributed by atoms with Gasteiger partial charge in [-0.05, 0) is 80.2 Å². The molecule has 6 aromatic carbocycles. The third-order valence-electron chi connectivity index (χ3n) is 7.37. The zero-order chi connectivity index (χ0) is 22.4. The van der Waals surface area contributed by atoms with Gasteiger partial charge in [0.05, 0.1) is 11.0 Å². The van der Waals surface area contributed by atoms with Gasteiger partial charge in [0.15, 0.2) is 0 Å². The molecule has 0 fully saturated rings. The van der Waals surface area contributed by atoms with Crippen LogP contribution in [0.3, 0.4) is 0 Å². The first-order chi connectivity index (χ1) is 16.8. The fraction of sp³-hybridized carbons (Fsp3) is 0. The van der Waals surface area contributed by atoms with E-state index in [1.54, 1.807) is 12.1 Å². The Bertz CT molecular complexity index is 1960. The highest BCUT2D eigenvalue weighted by molar-refractivity contribution is 6.33. The van der Waals surface area contributed by atoms with E-state index in [2.05, 4.69) is 89.5 Å². The fourth-order valence-corrected chi connectivity index (χ4v) is 6.01. The molecular weight excluding hydrogens is 417 g/mol. The highest BCUT2D eigenvalue weighted by atomic mass is 19.1. The lowest BCUT2D eigenvalue weighted by Crippen LogP contribution is -1.94. The molecule has 0 aliphatic heterocycles. The highest BCUT2D eigenvalue weighted by Gasteiger charge is 2.25. The van der Waals surface area contributed by atoms with E-state index in [1.807, 2.05) is 12.1 Å². The van der Waals surface area contributed by atoms with Crippen LogP contribution in [0.4, 0.5) is 4.39 Å². The summed E-state index contributed by atoms with van der Waals surface area (Å²) in [4.78, 5) is 0. The van der Waals surface area contributed by atoms with Crippen LogP contribution in [0, 0.1) is 5.82 Å². The van der Waals surface area contributed by atoms with E-state index in [1.165, 1.54) is 54.6 Å². The fourth-order valence-electron chi connectivity index (χ4n) is 6.01. The molecule has 0 unspecified atom stereocenters. The minimum Gasteiger partial charge on any atom is -0.309 e. The molecule has 1 heterocycles. The molecule has 1 aliphatic rings. The molecule has 1 aromatic heterocycles. The van der Waals surface area contributed by atoms with Crippen molar-refractivity contribution >= 4 is 43.4 Å². The maximum absolute atomic E-state index is 13.9. The molecule has 0 spiro atoms. The largest absolute Gasteiger partial charge is 0.309 e. The van der Waals surface area contributed by atoms with Gasteiger partial charge in [-0.2, -0.15) is 0 Å². The predicted molar refractivity (Wildman–Crippen MR) is 140 cm³/mol. The topological polar surface area (TPSA) is 4.93 Å². The number of benzene rings is 6. The smallest absolute Gasteiger partial charge is 0.123 e. The summed E-state index contributed by atoms with van der Waals surface area (Å²) in [7, 11) is 0. The number of rotatable bonds is 1. The summed E-state index contributed by atoms with van der Waals surface area (Å²) in [6, 6.07) is 37.5. The van der Waals surface area contributed by atoms with Gasteiger partial charge in [0.25, 0.3) is 0 Å². The zero-order valence-corrected chi connectivity index (χ0v) is 18.2. The number of halogens is 1. The maximum atomic E-state index is 13.9. The summed E-state index contributed by atoms with van der Waals surface area (Å²) in [6.45, 7) is 0. The Hall–Kier alpha value is -4.43. The summed E-state index contributed by atoms with van der Waals surface area (Å²) < 4.78 is 16.1. The molecular formula is C32H18FN. The Labute approximate surface area is 195 Å². The second-order valence-electron chi connectivity index (χ2n) is 9.08. The molecule has 8 rings (SSSR count). The number of fused-ring (bicyclic) bond motifs is 9. The molecule has 0 N–H and O–H groups in total. The van der Waals surface area contributed by atoms with Gasteiger partial charge in [0, 0.05) is 16.5 Å². The van der Waals surface area contributed by atoms with Gasteiger partial charge in [-0.15, -0.1) is 0 Å². The number of hydrogen-bond acceptors (Lipinski definition) is 0. The van der Waals surface area contributed by atoms with Gasteiger partial charge in [-0.1, -0.05) is 72.8 Å². The summed E-state index contributed by atoms with van der Waals surface area (Å²) in [5.74, 6) is -0.224. The standard InChI is InChI=1S/C32H18FN/c33-20-13-15-21(16-14-20)34-28-17-12-19-6-1-2-7-22(19)31(28)32-26-11-5-10-25-23-8-3-4-9-24(23)27(30(25)26)18-29(32)34/h1-18H. The SMILES string of the molecule is Fc1ccc(-n2c3ccc4ccccc4c3c3c4cccc5c4c(cc32)-c2ccccc2-5)cc1. The average molecular weight is 436 g/mol. The van der Waals surface area contributed by atoms with Gasteiger partial charge >= 0.3 is 0 Å². The molecule has 34 heavy (non-hydrogen) atoms. The van der Waals surface area contributed by atoms with E-state index in [-0.39, 0.29) is 5.82 Å². The molecule has 1 aliphatic carbocycles. The van der Waals surface area contributed by atoms with Crippen molar-refractivity contribution < 1.29 is 4.39 Å². The predicted octanol–water partition coefficient (Wildman–Crippen LogP) is 8.88. The third kappa shape index (κ3) is 2.18. The molecule has 0 radical (unpaired) electrons. The third-order valence-corrected chi connectivity index (χ3v) is 7.37. The van der Waals surface area contributed by atoms with Crippen molar-refractivity contribution in [2.24, 2.45) is 0 Å². The van der Waals surface area contributed by atoms with Crippen LogP contribution in [0.1, 0.15) is 0 Å². The lowest BCUT2D eigenvalue weighted by Gasteiger charge is -2.10. The lowest BCUT2D eigenvalue weighted by molar-refractivity contribution is 0.627. The van der Waals surface area contributed by atoms with Crippen LogP contribution in [0.2, 0.25) is 0 Å². The van der Waals surface area contributed by atoms with Crippen molar-refractivity contribution in [3.05, 3.63) is 115 Å². The number of hydrogen-bond donors (Lipinski definition) is 0. The summed E-state index contributed by atoms with van der Waals surface area (Å²) in [5.41, 5.74) is 8.38. The van der Waals surface area contributed by atoms with Crippen molar-refractivity contribution in [2.45, 2.75) is 0 Å². The van der Waals surface area contributed by atoms with E-state index in [4.69, 9.17) is 0 Å². The van der Waals surface area contributed by atoms with Gasteiger partial charge in [0.2, 0.25) is 0 Å². The quantitative estimate of drug-likeness (QED) is 0.243. The lowest BCUT2D eigenvalue weighted by atomic mass is 9.96. The van der Waals surface area contributed by atoms with Gasteiger partial charge in [-0.25, -0.2) is 4.39 Å². The molecule has 158 valence electrons. The van der Waals surface area contributed by atoms with Crippen molar-refractivity contribution in [1.82, 2.24) is 4.57 Å². The molecule has 0 saturated heterocycles. The van der Waals surface area contributed by atoms with E-state index in [9.17, 15) is 4.39 Å².